The summed E-state index contributed by atoms with van der Waals surface area (Å²) in [6.45, 7) is 3.97. The second-order valence-corrected chi connectivity index (χ2v) is 7.55. The molecular formula is C20H24F2N4O3. The topological polar surface area (TPSA) is 70.8 Å². The molecule has 4 rings (SSSR count). The van der Waals surface area contributed by atoms with Gasteiger partial charge in [-0.1, -0.05) is 0 Å². The minimum atomic E-state index is -0.465. The zero-order valence-electron chi connectivity index (χ0n) is 16.3. The number of hydrogen-bond acceptors (Lipinski definition) is 6. The van der Waals surface area contributed by atoms with Gasteiger partial charge in [-0.05, 0) is 25.2 Å². The van der Waals surface area contributed by atoms with Gasteiger partial charge in [-0.25, -0.2) is 13.8 Å². The van der Waals surface area contributed by atoms with Crippen LogP contribution in [0.15, 0.2) is 22.6 Å². The van der Waals surface area contributed by atoms with Crippen LogP contribution in [-0.4, -0.2) is 66.6 Å². The molecule has 7 nitrogen and oxygen atoms in total. The summed E-state index contributed by atoms with van der Waals surface area (Å²) in [5.74, 6) is -0.586. The number of hydrogen-bond donors (Lipinski definition) is 1. The summed E-state index contributed by atoms with van der Waals surface area (Å²) in [6.07, 6.45) is 0.502. The van der Waals surface area contributed by atoms with Gasteiger partial charge in [0.05, 0.1) is 18.4 Å². The average Bonchev–Trinajstić information content (AvgIpc) is 3.12. The van der Waals surface area contributed by atoms with Gasteiger partial charge in [0.25, 0.3) is 5.89 Å². The number of aromatic nitrogens is 1. The molecule has 1 saturated heterocycles. The fourth-order valence-corrected chi connectivity index (χ4v) is 3.66. The molecule has 2 aliphatic heterocycles. The maximum atomic E-state index is 13.9. The number of carbonyl (C=O) groups is 1. The predicted molar refractivity (Wildman–Crippen MR) is 100 cm³/mol. The average molecular weight is 406 g/mol. The lowest BCUT2D eigenvalue weighted by molar-refractivity contribution is -0.0176. The number of oxazole rings is 1. The lowest BCUT2D eigenvalue weighted by Gasteiger charge is -2.29. The summed E-state index contributed by atoms with van der Waals surface area (Å²) in [5, 5.41) is 2.81. The number of rotatable bonds is 5. The molecule has 0 saturated carbocycles. The number of carbonyl (C=O) groups excluding carboxylic acids is 1. The van der Waals surface area contributed by atoms with E-state index in [4.69, 9.17) is 9.15 Å². The summed E-state index contributed by atoms with van der Waals surface area (Å²) in [4.78, 5) is 20.8. The van der Waals surface area contributed by atoms with E-state index >= 15 is 0 Å². The van der Waals surface area contributed by atoms with Crippen molar-refractivity contribution in [2.24, 2.45) is 0 Å². The highest BCUT2D eigenvalue weighted by molar-refractivity contribution is 5.89. The number of nitrogens with zero attached hydrogens (tertiary/aromatic N) is 3. The third-order valence-electron chi connectivity index (χ3n) is 5.23. The Morgan fingerprint density at radius 1 is 1.34 bits per heavy atom. The predicted octanol–water partition coefficient (Wildman–Crippen LogP) is 1.57. The van der Waals surface area contributed by atoms with E-state index in [9.17, 15) is 13.6 Å². The Kier molecular flexibility index (Phi) is 5.89. The Labute approximate surface area is 167 Å². The number of amides is 1. The van der Waals surface area contributed by atoms with Crippen molar-refractivity contribution in [3.63, 3.8) is 0 Å². The van der Waals surface area contributed by atoms with Crippen molar-refractivity contribution < 1.29 is 22.7 Å². The van der Waals surface area contributed by atoms with E-state index in [1.165, 1.54) is 6.07 Å². The molecule has 1 aromatic heterocycles. The molecule has 2 aliphatic rings. The van der Waals surface area contributed by atoms with E-state index in [1.807, 2.05) is 11.9 Å². The largest absolute Gasteiger partial charge is 0.437 e. The van der Waals surface area contributed by atoms with Crippen LogP contribution in [0, 0.1) is 11.6 Å². The van der Waals surface area contributed by atoms with E-state index in [1.54, 1.807) is 0 Å². The van der Waals surface area contributed by atoms with Crippen LogP contribution in [0.2, 0.25) is 0 Å². The maximum Gasteiger partial charge on any atom is 0.307 e. The van der Waals surface area contributed by atoms with Crippen LogP contribution in [0.1, 0.15) is 27.7 Å². The van der Waals surface area contributed by atoms with Gasteiger partial charge in [-0.3, -0.25) is 9.69 Å². The number of benzene rings is 1. The Balaban J connectivity index is 1.35. The molecule has 0 spiro atoms. The molecule has 0 radical (unpaired) electrons. The number of likely N-dealkylation sites (N-methyl/N-ethyl adjacent to an activating group) is 1. The first-order chi connectivity index (χ1) is 14.0. The van der Waals surface area contributed by atoms with Crippen molar-refractivity contribution in [1.29, 1.82) is 0 Å². The van der Waals surface area contributed by atoms with E-state index in [0.29, 0.717) is 49.7 Å². The highest BCUT2D eigenvalue weighted by Crippen LogP contribution is 2.22. The molecular weight excluding hydrogens is 382 g/mol. The molecule has 3 heterocycles. The van der Waals surface area contributed by atoms with Gasteiger partial charge < -0.3 is 19.4 Å². The van der Waals surface area contributed by atoms with Crippen molar-refractivity contribution in [3.8, 4) is 0 Å². The van der Waals surface area contributed by atoms with Gasteiger partial charge in [-0.2, -0.15) is 0 Å². The molecule has 0 aliphatic carbocycles. The lowest BCUT2D eigenvalue weighted by Crippen LogP contribution is -2.45. The number of nitrogens with one attached hydrogen (secondary N) is 1. The molecule has 0 bridgehead atoms. The second kappa shape index (κ2) is 8.56. The van der Waals surface area contributed by atoms with Crippen molar-refractivity contribution in [1.82, 2.24) is 20.1 Å². The molecule has 29 heavy (non-hydrogen) atoms. The monoisotopic (exact) mass is 406 g/mol. The lowest BCUT2D eigenvalue weighted by atomic mass is 10.1. The zero-order chi connectivity index (χ0) is 20.4. The molecule has 9 heteroatoms. The van der Waals surface area contributed by atoms with E-state index in [-0.39, 0.29) is 24.4 Å². The molecule has 1 atom stereocenters. The molecule has 1 N–H and O–H groups in total. The van der Waals surface area contributed by atoms with Crippen LogP contribution in [0.4, 0.5) is 8.78 Å². The van der Waals surface area contributed by atoms with Crippen molar-refractivity contribution in [2.75, 3.05) is 39.8 Å². The summed E-state index contributed by atoms with van der Waals surface area (Å²) in [7, 11) is 2.01. The fraction of sp³-hybridized carbons (Fsp3) is 0.500. The van der Waals surface area contributed by atoms with Gasteiger partial charge in [0.2, 0.25) is 0 Å². The molecule has 2 aromatic rings. The normalized spacial score (nSPS) is 20.4. The van der Waals surface area contributed by atoms with Gasteiger partial charge >= 0.3 is 5.91 Å². The number of fused-ring (bicyclic) bond motifs is 1. The third-order valence-corrected chi connectivity index (χ3v) is 5.23. The van der Waals surface area contributed by atoms with Gasteiger partial charge in [0.15, 0.2) is 0 Å². The van der Waals surface area contributed by atoms with Crippen molar-refractivity contribution in [3.05, 3.63) is 52.7 Å². The van der Waals surface area contributed by atoms with Crippen LogP contribution in [0.3, 0.4) is 0 Å². The summed E-state index contributed by atoms with van der Waals surface area (Å²) in [5.41, 5.74) is 0.958. The zero-order valence-corrected chi connectivity index (χ0v) is 16.3. The minimum Gasteiger partial charge on any atom is -0.437 e. The Hall–Kier alpha value is -2.36. The van der Waals surface area contributed by atoms with E-state index in [0.717, 1.165) is 25.2 Å². The third kappa shape index (κ3) is 4.80. The fourth-order valence-electron chi connectivity index (χ4n) is 3.66. The van der Waals surface area contributed by atoms with Gasteiger partial charge in [0.1, 0.15) is 17.4 Å². The first-order valence-corrected chi connectivity index (χ1v) is 9.71. The first-order valence-electron chi connectivity index (χ1n) is 9.71. The molecule has 1 amide bonds. The molecule has 1 fully saturated rings. The molecule has 1 unspecified atom stereocenters. The van der Waals surface area contributed by atoms with E-state index < -0.39 is 11.6 Å². The maximum absolute atomic E-state index is 13.9. The Morgan fingerprint density at radius 2 is 2.21 bits per heavy atom. The van der Waals surface area contributed by atoms with Crippen molar-refractivity contribution >= 4 is 5.91 Å². The summed E-state index contributed by atoms with van der Waals surface area (Å²) >= 11 is 0. The van der Waals surface area contributed by atoms with Crippen LogP contribution in [0.25, 0.3) is 0 Å². The van der Waals surface area contributed by atoms with E-state index in [2.05, 4.69) is 15.2 Å². The highest BCUT2D eigenvalue weighted by Gasteiger charge is 2.26. The van der Waals surface area contributed by atoms with Gasteiger partial charge in [0, 0.05) is 51.3 Å². The van der Waals surface area contributed by atoms with Crippen LogP contribution < -0.4 is 5.32 Å². The SMILES string of the molecule is CN1CCOC(CNC(=O)c2nc3c(o2)CCN(Cc2cc(F)ccc2F)C3)C1. The van der Waals surface area contributed by atoms with Gasteiger partial charge in [-0.15, -0.1) is 0 Å². The smallest absolute Gasteiger partial charge is 0.307 e. The molecule has 156 valence electrons. The van der Waals surface area contributed by atoms with Crippen molar-refractivity contribution in [2.45, 2.75) is 25.6 Å². The summed E-state index contributed by atoms with van der Waals surface area (Å²) < 4.78 is 38.6. The Morgan fingerprint density at radius 3 is 3.03 bits per heavy atom. The minimum absolute atomic E-state index is 0.0259. The highest BCUT2D eigenvalue weighted by atomic mass is 19.1. The Bertz CT molecular complexity index is 889. The van der Waals surface area contributed by atoms with Crippen LogP contribution in [0.5, 0.6) is 0 Å². The van der Waals surface area contributed by atoms with Crippen LogP contribution >= 0.6 is 0 Å². The number of ether oxygens (including phenoxy) is 1. The standard InChI is InChI=1S/C20H24F2N4O3/c1-25-6-7-28-15(11-25)9-23-19(27)20-24-17-12-26(5-4-18(17)29-20)10-13-8-14(21)2-3-16(13)22/h2-3,8,15H,4-7,9-12H2,1H3,(H,23,27). The quantitative estimate of drug-likeness (QED) is 0.813. The number of halogens is 2. The number of morpholine rings is 1. The first kappa shape index (κ1) is 19.9. The molecule has 1 aromatic carbocycles. The van der Waals surface area contributed by atoms with Crippen LogP contribution in [-0.2, 0) is 24.2 Å². The summed E-state index contributed by atoms with van der Waals surface area (Å²) in [6, 6.07) is 3.44. The second-order valence-electron chi connectivity index (χ2n) is 7.55.